The van der Waals surface area contributed by atoms with Gasteiger partial charge in [0, 0.05) is 23.2 Å². The zero-order valence-electron chi connectivity index (χ0n) is 23.9. The van der Waals surface area contributed by atoms with Crippen LogP contribution >= 0.6 is 11.8 Å². The second kappa shape index (κ2) is 12.0. The number of carbonyl (C=O) groups is 5. The molecule has 0 aromatic carbocycles. The van der Waals surface area contributed by atoms with Crippen LogP contribution in [0.4, 0.5) is 0 Å². The lowest BCUT2D eigenvalue weighted by Gasteiger charge is -2.59. The van der Waals surface area contributed by atoms with Gasteiger partial charge in [-0.1, -0.05) is 25.5 Å². The number of nitrogens with one attached hydrogen (secondary N) is 1. The number of carboxylic acids is 1. The molecule has 3 saturated carbocycles. The van der Waals surface area contributed by atoms with Gasteiger partial charge in [0.25, 0.3) is 0 Å². The Balaban J connectivity index is 1.36. The molecule has 4 aliphatic rings. The highest BCUT2D eigenvalue weighted by Crippen LogP contribution is 2.67. The van der Waals surface area contributed by atoms with E-state index in [0.29, 0.717) is 12.2 Å². The van der Waals surface area contributed by atoms with Gasteiger partial charge >= 0.3 is 11.9 Å². The highest BCUT2D eigenvalue weighted by Gasteiger charge is 2.68. The molecule has 0 aliphatic heterocycles. The lowest BCUT2D eigenvalue weighted by molar-refractivity contribution is -0.181. The summed E-state index contributed by atoms with van der Waals surface area (Å²) in [5, 5.41) is 34.9. The number of aliphatic carboxylic acids is 1. The van der Waals surface area contributed by atoms with E-state index in [-0.39, 0.29) is 55.6 Å². The van der Waals surface area contributed by atoms with E-state index in [1.54, 1.807) is 12.2 Å². The maximum Gasteiger partial charge on any atom is 0.326 e. The Hall–Kier alpha value is -2.50. The van der Waals surface area contributed by atoms with E-state index < -0.39 is 58.8 Å². The molecular weight excluding hydrogens is 550 g/mol. The van der Waals surface area contributed by atoms with Crippen molar-refractivity contribution in [3.63, 3.8) is 0 Å². The third-order valence-electron chi connectivity index (χ3n) is 10.3. The summed E-state index contributed by atoms with van der Waals surface area (Å²) in [7, 11) is 0. The molecule has 4 N–H and O–H groups in total. The molecule has 4 rings (SSSR count). The van der Waals surface area contributed by atoms with Gasteiger partial charge in [0.15, 0.2) is 12.4 Å². The first-order valence-electron chi connectivity index (χ1n) is 14.3. The van der Waals surface area contributed by atoms with Gasteiger partial charge in [-0.2, -0.15) is 11.8 Å². The SMILES string of the molecule is CSCCC(NC(=O)CCC(=O)OCC(=O)[C@@]1(O)CCC2[C@@H]3CCC4=CC(=O)C=C[C@]4(C)C3[C@@H](O)C[C@@]21C)C(=O)O. The Morgan fingerprint density at radius 3 is 2.61 bits per heavy atom. The molecule has 1 amide bonds. The van der Waals surface area contributed by atoms with Gasteiger partial charge < -0.3 is 25.4 Å². The summed E-state index contributed by atoms with van der Waals surface area (Å²) in [4.78, 5) is 61.2. The van der Waals surface area contributed by atoms with E-state index >= 15 is 0 Å². The molecule has 0 radical (unpaired) electrons. The number of esters is 1. The van der Waals surface area contributed by atoms with Crippen molar-refractivity contribution in [2.24, 2.45) is 28.6 Å². The quantitative estimate of drug-likeness (QED) is 0.262. The first-order chi connectivity index (χ1) is 19.3. The van der Waals surface area contributed by atoms with Crippen molar-refractivity contribution in [1.82, 2.24) is 5.32 Å². The molecule has 3 fully saturated rings. The van der Waals surface area contributed by atoms with Crippen molar-refractivity contribution < 1.29 is 44.0 Å². The molecule has 10 nitrogen and oxygen atoms in total. The molecule has 0 aromatic rings. The number of allylic oxidation sites excluding steroid dienone is 4. The van der Waals surface area contributed by atoms with E-state index in [4.69, 9.17) is 4.74 Å². The number of aliphatic hydroxyl groups excluding tert-OH is 1. The van der Waals surface area contributed by atoms with Crippen LogP contribution in [-0.2, 0) is 28.7 Å². The largest absolute Gasteiger partial charge is 0.480 e. The fraction of sp³-hybridized carbons (Fsp3) is 0.700. The molecule has 0 heterocycles. The standard InChI is InChI=1S/C30H41NO9S/c1-28-11-8-18(32)14-17(28)4-5-19-20-9-12-30(39,29(20,2)15-22(33)26(19)28)23(34)16-40-25(36)7-6-24(35)31-21(27(37)38)10-13-41-3/h8,11,14,19-22,26,33,39H,4-7,9-10,12-13,15-16H2,1-3H3,(H,31,35)(H,37,38)/t19-,20?,21?,22-,26?,28-,29-,30-/m0/s1. The maximum absolute atomic E-state index is 13.4. The number of ketones is 2. The summed E-state index contributed by atoms with van der Waals surface area (Å²) in [6.45, 7) is 3.25. The van der Waals surface area contributed by atoms with Crippen molar-refractivity contribution >= 4 is 41.2 Å². The van der Waals surface area contributed by atoms with Crippen LogP contribution < -0.4 is 5.32 Å². The molecule has 0 spiro atoms. The lowest BCUT2D eigenvalue weighted by atomic mass is 9.46. The minimum Gasteiger partial charge on any atom is -0.480 e. The molecule has 0 bridgehead atoms. The van der Waals surface area contributed by atoms with Crippen LogP contribution in [0.25, 0.3) is 0 Å². The Labute approximate surface area is 244 Å². The average molecular weight is 592 g/mol. The Morgan fingerprint density at radius 2 is 1.93 bits per heavy atom. The first-order valence-corrected chi connectivity index (χ1v) is 15.7. The number of carboxylic acid groups (broad SMARTS) is 1. The van der Waals surface area contributed by atoms with Crippen LogP contribution in [0, 0.1) is 28.6 Å². The zero-order chi connectivity index (χ0) is 30.2. The number of aliphatic hydroxyl groups is 2. The highest BCUT2D eigenvalue weighted by atomic mass is 32.2. The fourth-order valence-corrected chi connectivity index (χ4v) is 8.57. The van der Waals surface area contributed by atoms with Gasteiger partial charge in [-0.15, -0.1) is 0 Å². The molecule has 226 valence electrons. The number of hydrogen-bond acceptors (Lipinski definition) is 9. The van der Waals surface area contributed by atoms with Crippen LogP contribution in [0.15, 0.2) is 23.8 Å². The third-order valence-corrected chi connectivity index (χ3v) is 10.9. The third kappa shape index (κ3) is 5.77. The number of hydrogen-bond donors (Lipinski definition) is 4. The van der Waals surface area contributed by atoms with Crippen LogP contribution in [-0.4, -0.2) is 81.1 Å². The number of Topliss-reactive ketones (excluding diaryl/α,β-unsaturated/α-hetero) is 1. The second-order valence-corrected chi connectivity index (χ2v) is 13.4. The minimum absolute atomic E-state index is 0.0260. The van der Waals surface area contributed by atoms with E-state index in [0.717, 1.165) is 18.4 Å². The summed E-state index contributed by atoms with van der Waals surface area (Å²) in [5.74, 6) is -2.77. The summed E-state index contributed by atoms with van der Waals surface area (Å²) in [5.41, 5.74) is -2.12. The molecule has 4 aliphatic carbocycles. The van der Waals surface area contributed by atoms with Gasteiger partial charge in [-0.05, 0) is 74.5 Å². The second-order valence-electron chi connectivity index (χ2n) is 12.4. The molecule has 3 unspecified atom stereocenters. The Kier molecular flexibility index (Phi) is 9.21. The van der Waals surface area contributed by atoms with Crippen LogP contribution in [0.1, 0.15) is 65.2 Å². The molecular formula is C30H41NO9S. The van der Waals surface area contributed by atoms with Crippen molar-refractivity contribution in [1.29, 1.82) is 0 Å². The van der Waals surface area contributed by atoms with Gasteiger partial charge in [0.2, 0.25) is 11.7 Å². The van der Waals surface area contributed by atoms with Crippen molar-refractivity contribution in [2.75, 3.05) is 18.6 Å². The van der Waals surface area contributed by atoms with E-state index in [2.05, 4.69) is 12.2 Å². The van der Waals surface area contributed by atoms with Crippen molar-refractivity contribution in [2.45, 2.75) is 83.0 Å². The van der Waals surface area contributed by atoms with Crippen molar-refractivity contribution in [3.8, 4) is 0 Å². The number of fused-ring (bicyclic) bond motifs is 5. The van der Waals surface area contributed by atoms with Crippen LogP contribution in [0.5, 0.6) is 0 Å². The van der Waals surface area contributed by atoms with Crippen LogP contribution in [0.2, 0.25) is 0 Å². The number of rotatable bonds is 11. The van der Waals surface area contributed by atoms with Gasteiger partial charge in [-0.3, -0.25) is 19.2 Å². The van der Waals surface area contributed by atoms with Crippen LogP contribution in [0.3, 0.4) is 0 Å². The number of thioether (sulfide) groups is 1. The van der Waals surface area contributed by atoms with E-state index in [1.165, 1.54) is 11.8 Å². The maximum atomic E-state index is 13.4. The first kappa shape index (κ1) is 31.4. The highest BCUT2D eigenvalue weighted by molar-refractivity contribution is 7.98. The Bertz CT molecular complexity index is 1170. The summed E-state index contributed by atoms with van der Waals surface area (Å²) >= 11 is 1.46. The average Bonchev–Trinajstić information content (AvgIpc) is 3.19. The zero-order valence-corrected chi connectivity index (χ0v) is 24.7. The predicted molar refractivity (Wildman–Crippen MR) is 151 cm³/mol. The number of carbonyl (C=O) groups excluding carboxylic acids is 4. The minimum atomic E-state index is -1.78. The Morgan fingerprint density at radius 1 is 1.20 bits per heavy atom. The van der Waals surface area contributed by atoms with E-state index in [1.807, 2.05) is 19.3 Å². The smallest absolute Gasteiger partial charge is 0.326 e. The lowest BCUT2D eigenvalue weighted by Crippen LogP contribution is -2.61. The van der Waals surface area contributed by atoms with Gasteiger partial charge in [0.05, 0.1) is 12.5 Å². The topological polar surface area (TPSA) is 167 Å². The molecule has 8 atom stereocenters. The van der Waals surface area contributed by atoms with Crippen molar-refractivity contribution in [3.05, 3.63) is 23.8 Å². The van der Waals surface area contributed by atoms with E-state index in [9.17, 15) is 39.3 Å². The predicted octanol–water partition coefficient (Wildman–Crippen LogP) is 2.21. The molecule has 0 aromatic heterocycles. The summed E-state index contributed by atoms with van der Waals surface area (Å²) in [6.07, 6.45) is 8.30. The summed E-state index contributed by atoms with van der Waals surface area (Å²) < 4.78 is 5.14. The normalized spacial score (nSPS) is 36.3. The molecule has 0 saturated heterocycles. The monoisotopic (exact) mass is 591 g/mol. The van der Waals surface area contributed by atoms with Gasteiger partial charge in [-0.25, -0.2) is 4.79 Å². The molecule has 11 heteroatoms. The number of amides is 1. The summed E-state index contributed by atoms with van der Waals surface area (Å²) in [6, 6.07) is -1.05. The van der Waals surface area contributed by atoms with Gasteiger partial charge in [0.1, 0.15) is 11.6 Å². The number of ether oxygens (including phenoxy) is 1. The fourth-order valence-electron chi connectivity index (χ4n) is 8.10. The molecule has 41 heavy (non-hydrogen) atoms.